The number of nitrogens with zero attached hydrogens (tertiary/aromatic N) is 3. The van der Waals surface area contributed by atoms with E-state index in [2.05, 4.69) is 0 Å². The van der Waals surface area contributed by atoms with Crippen LogP contribution in [0.25, 0.3) is 0 Å². The van der Waals surface area contributed by atoms with Crippen LogP contribution in [0.15, 0.2) is 47.5 Å². The molecule has 7 nitrogen and oxygen atoms in total. The Hall–Kier alpha value is -2.87. The minimum absolute atomic E-state index is 0.0820. The summed E-state index contributed by atoms with van der Waals surface area (Å²) in [4.78, 5) is 29.6. The van der Waals surface area contributed by atoms with Gasteiger partial charge in [0.1, 0.15) is 0 Å². The molecule has 0 radical (unpaired) electrons. The van der Waals surface area contributed by atoms with Gasteiger partial charge < -0.3 is 4.74 Å². The summed E-state index contributed by atoms with van der Waals surface area (Å²) in [7, 11) is 0. The van der Waals surface area contributed by atoms with Gasteiger partial charge in [-0.05, 0) is 43.5 Å². The second-order valence-corrected chi connectivity index (χ2v) is 7.51. The van der Waals surface area contributed by atoms with Gasteiger partial charge in [0.2, 0.25) is 0 Å². The van der Waals surface area contributed by atoms with Gasteiger partial charge in [-0.2, -0.15) is 0 Å². The predicted octanol–water partition coefficient (Wildman–Crippen LogP) is 4.24. The zero-order valence-corrected chi connectivity index (χ0v) is 16.6. The molecular weight excluding hydrogens is 378 g/mol. The van der Waals surface area contributed by atoms with Gasteiger partial charge in [0.15, 0.2) is 17.5 Å². The molecule has 0 aliphatic carbocycles. The molecule has 1 amide bonds. The van der Waals surface area contributed by atoms with Gasteiger partial charge in [-0.25, -0.2) is 4.99 Å². The van der Waals surface area contributed by atoms with Crippen LogP contribution in [0.4, 0.5) is 11.4 Å². The molecule has 1 fully saturated rings. The third kappa shape index (κ3) is 4.69. The Morgan fingerprint density at radius 2 is 2.07 bits per heavy atom. The van der Waals surface area contributed by atoms with Gasteiger partial charge >= 0.3 is 5.69 Å². The van der Waals surface area contributed by atoms with E-state index >= 15 is 0 Å². The summed E-state index contributed by atoms with van der Waals surface area (Å²) in [5, 5.41) is 11.7. The lowest BCUT2D eigenvalue weighted by Crippen LogP contribution is -2.41. The highest BCUT2D eigenvalue weighted by Gasteiger charge is 2.25. The Kier molecular flexibility index (Phi) is 6.30. The molecule has 3 rings (SSSR count). The van der Waals surface area contributed by atoms with Gasteiger partial charge in [0, 0.05) is 18.4 Å². The van der Waals surface area contributed by atoms with Crippen molar-refractivity contribution in [1.82, 2.24) is 4.90 Å². The Morgan fingerprint density at radius 3 is 2.86 bits per heavy atom. The molecule has 1 heterocycles. The summed E-state index contributed by atoms with van der Waals surface area (Å²) in [6.45, 7) is 4.25. The monoisotopic (exact) mass is 399 g/mol. The third-order valence-corrected chi connectivity index (χ3v) is 5.35. The van der Waals surface area contributed by atoms with E-state index in [4.69, 9.17) is 9.73 Å². The molecule has 0 aromatic heterocycles. The number of carbonyl (C=O) groups is 1. The van der Waals surface area contributed by atoms with Crippen molar-refractivity contribution in [3.05, 3.63) is 63.7 Å². The SMILES string of the molecule is Cc1ccc(C)c(N=C2SCCCN2C(=O)COc2ccccc2[N+](=O)[O-])c1. The molecule has 1 saturated heterocycles. The summed E-state index contributed by atoms with van der Waals surface area (Å²) in [6.07, 6.45) is 0.855. The average Bonchev–Trinajstić information content (AvgIpc) is 2.69. The molecule has 8 heteroatoms. The molecule has 2 aromatic carbocycles. The van der Waals surface area contributed by atoms with E-state index in [0.717, 1.165) is 29.0 Å². The zero-order valence-electron chi connectivity index (χ0n) is 15.8. The first-order valence-electron chi connectivity index (χ1n) is 8.91. The fourth-order valence-electron chi connectivity index (χ4n) is 2.77. The normalized spacial score (nSPS) is 15.5. The van der Waals surface area contributed by atoms with Gasteiger partial charge in [0.25, 0.3) is 5.91 Å². The minimum Gasteiger partial charge on any atom is -0.477 e. The topological polar surface area (TPSA) is 85.0 Å². The molecule has 0 saturated carbocycles. The molecule has 0 unspecified atom stereocenters. The van der Waals surface area contributed by atoms with E-state index in [1.54, 1.807) is 17.0 Å². The Bertz CT molecular complexity index is 929. The van der Waals surface area contributed by atoms with Crippen molar-refractivity contribution >= 4 is 34.2 Å². The molecule has 28 heavy (non-hydrogen) atoms. The highest BCUT2D eigenvalue weighted by atomic mass is 32.2. The molecule has 0 atom stereocenters. The number of rotatable bonds is 5. The first kappa shape index (κ1) is 19.9. The lowest BCUT2D eigenvalue weighted by Gasteiger charge is -2.27. The maximum atomic E-state index is 12.7. The molecule has 146 valence electrons. The minimum atomic E-state index is -0.524. The molecule has 1 aliphatic rings. The van der Waals surface area contributed by atoms with Gasteiger partial charge in [0.05, 0.1) is 10.6 Å². The summed E-state index contributed by atoms with van der Waals surface area (Å²) in [5.41, 5.74) is 2.81. The second kappa shape index (κ2) is 8.88. The van der Waals surface area contributed by atoms with E-state index in [0.29, 0.717) is 11.7 Å². The third-order valence-electron chi connectivity index (χ3n) is 4.28. The number of aryl methyl sites for hydroxylation is 2. The maximum absolute atomic E-state index is 12.7. The molecule has 0 spiro atoms. The largest absolute Gasteiger partial charge is 0.477 e. The zero-order chi connectivity index (χ0) is 20.1. The average molecular weight is 399 g/mol. The number of hydrogen-bond acceptors (Lipinski definition) is 6. The van der Waals surface area contributed by atoms with Crippen molar-refractivity contribution in [2.45, 2.75) is 20.3 Å². The number of nitro groups is 1. The van der Waals surface area contributed by atoms with Gasteiger partial charge in [-0.15, -0.1) is 0 Å². The van der Waals surface area contributed by atoms with Crippen LogP contribution in [-0.2, 0) is 4.79 Å². The van der Waals surface area contributed by atoms with Crippen molar-refractivity contribution in [1.29, 1.82) is 0 Å². The summed E-state index contributed by atoms with van der Waals surface area (Å²) < 4.78 is 5.46. The quantitative estimate of drug-likeness (QED) is 0.554. The highest BCUT2D eigenvalue weighted by molar-refractivity contribution is 8.13. The van der Waals surface area contributed by atoms with E-state index in [-0.39, 0.29) is 24.0 Å². The number of carbonyl (C=O) groups excluding carboxylic acids is 1. The van der Waals surface area contributed by atoms with Crippen LogP contribution in [-0.4, -0.2) is 39.8 Å². The first-order chi connectivity index (χ1) is 13.5. The smallest absolute Gasteiger partial charge is 0.310 e. The highest BCUT2D eigenvalue weighted by Crippen LogP contribution is 2.28. The number of aliphatic imine (C=N–C) groups is 1. The van der Waals surface area contributed by atoms with Crippen LogP contribution in [0, 0.1) is 24.0 Å². The fraction of sp³-hybridized carbons (Fsp3) is 0.300. The molecule has 0 N–H and O–H groups in total. The van der Waals surface area contributed by atoms with E-state index in [1.807, 2.05) is 32.0 Å². The number of benzene rings is 2. The van der Waals surface area contributed by atoms with Crippen LogP contribution >= 0.6 is 11.8 Å². The van der Waals surface area contributed by atoms with Crippen LogP contribution < -0.4 is 4.74 Å². The number of nitro benzene ring substituents is 1. The fourth-order valence-corrected chi connectivity index (χ4v) is 3.74. The maximum Gasteiger partial charge on any atom is 0.310 e. The Labute approximate surface area is 167 Å². The van der Waals surface area contributed by atoms with Gasteiger partial charge in [-0.1, -0.05) is 36.0 Å². The first-order valence-corrected chi connectivity index (χ1v) is 9.89. The molecule has 2 aromatic rings. The number of para-hydroxylation sites is 2. The lowest BCUT2D eigenvalue weighted by atomic mass is 10.1. The lowest BCUT2D eigenvalue weighted by molar-refractivity contribution is -0.385. The van der Waals surface area contributed by atoms with Crippen molar-refractivity contribution < 1.29 is 14.5 Å². The van der Waals surface area contributed by atoms with E-state index < -0.39 is 4.92 Å². The number of hydrogen-bond donors (Lipinski definition) is 0. The van der Waals surface area contributed by atoms with Crippen molar-refractivity contribution in [3.8, 4) is 5.75 Å². The second-order valence-electron chi connectivity index (χ2n) is 6.45. The summed E-state index contributed by atoms with van der Waals surface area (Å²) in [5.74, 6) is 0.700. The summed E-state index contributed by atoms with van der Waals surface area (Å²) in [6, 6.07) is 12.1. The van der Waals surface area contributed by atoms with E-state index in [9.17, 15) is 14.9 Å². The van der Waals surface area contributed by atoms with Crippen molar-refractivity contribution in [3.63, 3.8) is 0 Å². The number of thioether (sulfide) groups is 1. The predicted molar refractivity (Wildman–Crippen MR) is 110 cm³/mol. The Balaban J connectivity index is 1.77. The standard InChI is InChI=1S/C20H21N3O4S/c1-14-8-9-15(2)16(12-14)21-20-22(10-5-11-28-20)19(24)13-27-18-7-4-3-6-17(18)23(25)26/h3-4,6-9,12H,5,10-11,13H2,1-2H3. The summed E-state index contributed by atoms with van der Waals surface area (Å²) >= 11 is 1.53. The van der Waals surface area contributed by atoms with E-state index in [1.165, 1.54) is 23.9 Å². The van der Waals surface area contributed by atoms with Crippen molar-refractivity contribution in [2.24, 2.45) is 4.99 Å². The van der Waals surface area contributed by atoms with Crippen LogP contribution in [0.1, 0.15) is 17.5 Å². The van der Waals surface area contributed by atoms with Gasteiger partial charge in [-0.3, -0.25) is 19.8 Å². The van der Waals surface area contributed by atoms with Crippen LogP contribution in [0.3, 0.4) is 0 Å². The number of ether oxygens (including phenoxy) is 1. The Morgan fingerprint density at radius 1 is 1.29 bits per heavy atom. The van der Waals surface area contributed by atoms with Crippen LogP contribution in [0.2, 0.25) is 0 Å². The van der Waals surface area contributed by atoms with Crippen molar-refractivity contribution in [2.75, 3.05) is 18.9 Å². The molecular formula is C20H21N3O4S. The van der Waals surface area contributed by atoms with Crippen LogP contribution in [0.5, 0.6) is 5.75 Å². The molecule has 0 bridgehead atoms. The number of amides is 1. The number of amidine groups is 1. The molecule has 1 aliphatic heterocycles.